The Morgan fingerprint density at radius 3 is 1.18 bits per heavy atom. The Balaban J connectivity index is 2.13. The number of hydrogen-bond acceptors (Lipinski definition) is 5. The van der Waals surface area contributed by atoms with Crippen LogP contribution in [-0.4, -0.2) is 30.7 Å². The molecule has 0 radical (unpaired) electrons. The number of aromatic nitrogens is 3. The molecule has 1 aromatic carbocycles. The first-order valence-corrected chi connectivity index (χ1v) is 20.5. The number of benzene rings is 1. The Kier molecular flexibility index (Phi) is 8.14. The molecule has 0 saturated carbocycles. The molecule has 2 N–H and O–H groups in total. The number of nitrogen functional groups attached to an aromatic ring is 1. The number of hydrogen-bond donors (Lipinski definition) is 1. The lowest BCUT2D eigenvalue weighted by Crippen LogP contribution is -2.55. The third-order valence-corrected chi connectivity index (χ3v) is 27.3. The minimum Gasteiger partial charge on any atom is -0.399 e. The van der Waals surface area contributed by atoms with Crippen LogP contribution in [0.25, 0.3) is 26.4 Å². The average Bonchev–Trinajstić information content (AvgIpc) is 3.45. The third kappa shape index (κ3) is 4.16. The summed E-state index contributed by atoms with van der Waals surface area (Å²) in [5, 5.41) is 0. The molecule has 4 aromatic rings. The van der Waals surface area contributed by atoms with Crippen molar-refractivity contribution in [2.45, 2.75) is 116 Å². The van der Waals surface area contributed by atoms with E-state index < -0.39 is 16.1 Å². The van der Waals surface area contributed by atoms with Crippen LogP contribution in [0, 0.1) is 0 Å². The predicted octanol–water partition coefficient (Wildman–Crippen LogP) is 9.05. The van der Waals surface area contributed by atoms with Gasteiger partial charge in [-0.1, -0.05) is 83.1 Å². The molecule has 4 nitrogen and oxygen atoms in total. The average molecular weight is 585 g/mol. The predicted molar refractivity (Wildman–Crippen MR) is 178 cm³/mol. The Bertz CT molecular complexity index is 1280. The fourth-order valence-corrected chi connectivity index (χ4v) is 27.6. The molecule has 8 heteroatoms. The maximum atomic E-state index is 6.10. The van der Waals surface area contributed by atoms with Crippen molar-refractivity contribution in [1.82, 2.24) is 14.5 Å². The zero-order valence-corrected chi connectivity index (χ0v) is 29.1. The van der Waals surface area contributed by atoms with Gasteiger partial charge in [0.15, 0.2) is 11.3 Å². The topological polar surface area (TPSA) is 56.7 Å². The van der Waals surface area contributed by atoms with Crippen molar-refractivity contribution in [3.8, 4) is 5.69 Å². The number of rotatable bonds is 9. The summed E-state index contributed by atoms with van der Waals surface area (Å²) in [6, 6.07) is 8.25. The summed E-state index contributed by atoms with van der Waals surface area (Å²) in [5.74, 6) is 0. The maximum Gasteiger partial charge on any atom is 0.158 e. The fourth-order valence-electron chi connectivity index (χ4n) is 8.04. The number of anilines is 1. The molecular formula is C30H48N4S2Si2. The molecule has 0 atom stereocenters. The molecule has 38 heavy (non-hydrogen) atoms. The van der Waals surface area contributed by atoms with E-state index in [1.165, 1.54) is 18.7 Å². The number of fused-ring (bicyclic) bond motifs is 3. The SMILES string of the molecule is CC(C)[Si](c1nc2c(s1)c1sc([Si](C(C)C)(C(C)C)C(C)C)nc1n2-c1ccc(N)cc1)(C(C)C)C(C)C. The second kappa shape index (κ2) is 10.5. The Morgan fingerprint density at radius 2 is 0.895 bits per heavy atom. The highest BCUT2D eigenvalue weighted by Gasteiger charge is 2.49. The van der Waals surface area contributed by atoms with Crippen LogP contribution in [0.5, 0.6) is 0 Å². The van der Waals surface area contributed by atoms with Gasteiger partial charge in [0, 0.05) is 11.4 Å². The van der Waals surface area contributed by atoms with Crippen LogP contribution >= 0.6 is 22.7 Å². The molecule has 0 fully saturated rings. The molecule has 0 aliphatic carbocycles. The summed E-state index contributed by atoms with van der Waals surface area (Å²) < 4.78 is 7.80. The summed E-state index contributed by atoms with van der Waals surface area (Å²) in [5.41, 5.74) is 13.9. The van der Waals surface area contributed by atoms with E-state index >= 15 is 0 Å². The minimum absolute atomic E-state index is 0.623. The van der Waals surface area contributed by atoms with Crippen LogP contribution in [0.2, 0.25) is 33.2 Å². The third-order valence-electron chi connectivity index (χ3n) is 9.47. The van der Waals surface area contributed by atoms with Gasteiger partial charge in [0.1, 0.15) is 16.1 Å². The molecule has 0 unspecified atom stereocenters. The molecule has 3 heterocycles. The maximum absolute atomic E-state index is 6.10. The van der Waals surface area contributed by atoms with E-state index in [1.807, 2.05) is 34.8 Å². The zero-order chi connectivity index (χ0) is 28.3. The van der Waals surface area contributed by atoms with Crippen molar-refractivity contribution in [2.75, 3.05) is 5.73 Å². The first-order valence-electron chi connectivity index (χ1n) is 14.4. The molecule has 4 rings (SSSR count). The Hall–Kier alpha value is -1.49. The molecule has 0 spiro atoms. The van der Waals surface area contributed by atoms with Gasteiger partial charge in [-0.15, -0.1) is 22.7 Å². The highest BCUT2D eigenvalue weighted by Crippen LogP contribution is 2.46. The molecule has 0 bridgehead atoms. The van der Waals surface area contributed by atoms with Crippen molar-refractivity contribution in [1.29, 1.82) is 0 Å². The van der Waals surface area contributed by atoms with Gasteiger partial charge in [-0.2, -0.15) is 0 Å². The summed E-state index contributed by atoms with van der Waals surface area (Å²) in [7, 11) is -3.77. The number of nitrogens with two attached hydrogens (primary N) is 1. The van der Waals surface area contributed by atoms with Crippen molar-refractivity contribution >= 4 is 74.5 Å². The van der Waals surface area contributed by atoms with Gasteiger partial charge in [0.25, 0.3) is 0 Å². The van der Waals surface area contributed by atoms with Crippen LogP contribution in [0.3, 0.4) is 0 Å². The van der Waals surface area contributed by atoms with Gasteiger partial charge in [0.05, 0.1) is 18.7 Å². The highest BCUT2D eigenvalue weighted by molar-refractivity contribution is 7.37. The van der Waals surface area contributed by atoms with E-state index in [1.54, 1.807) is 0 Å². The molecule has 0 saturated heterocycles. The Morgan fingerprint density at radius 1 is 0.579 bits per heavy atom. The molecule has 0 aliphatic rings. The largest absolute Gasteiger partial charge is 0.399 e. The first-order chi connectivity index (χ1) is 17.7. The van der Waals surface area contributed by atoms with Crippen LogP contribution in [0.15, 0.2) is 24.3 Å². The van der Waals surface area contributed by atoms with Crippen molar-refractivity contribution < 1.29 is 0 Å². The van der Waals surface area contributed by atoms with Crippen LogP contribution in [0.1, 0.15) is 83.1 Å². The molecule has 208 valence electrons. The van der Waals surface area contributed by atoms with E-state index in [4.69, 9.17) is 15.7 Å². The number of nitrogens with zero attached hydrogens (tertiary/aromatic N) is 3. The fraction of sp³-hybridized carbons (Fsp3) is 0.600. The van der Waals surface area contributed by atoms with Crippen LogP contribution in [0.4, 0.5) is 5.69 Å². The smallest absolute Gasteiger partial charge is 0.158 e. The standard InChI is InChI=1S/C30H48N4S2Si2/c1-17(2)37(18(3)4,19(5)6)29-32-27-25(35-29)26-28(34(27)24-15-13-23(31)14-16-24)33-30(36-26)38(20(7)8,21(9)10)22(11)12/h13-22H,31H2,1-12H3. The summed E-state index contributed by atoms with van der Waals surface area (Å²) in [6.07, 6.45) is 0. The quantitative estimate of drug-likeness (QED) is 0.158. The Labute approximate surface area is 240 Å². The van der Waals surface area contributed by atoms with Crippen molar-refractivity contribution in [2.24, 2.45) is 0 Å². The second-order valence-electron chi connectivity index (χ2n) is 13.1. The van der Waals surface area contributed by atoms with Crippen molar-refractivity contribution in [3.63, 3.8) is 0 Å². The lowest BCUT2D eigenvalue weighted by atomic mass is 10.3. The van der Waals surface area contributed by atoms with Gasteiger partial charge in [-0.3, -0.25) is 4.57 Å². The van der Waals surface area contributed by atoms with Gasteiger partial charge in [-0.05, 0) is 57.5 Å². The molecule has 3 aromatic heterocycles. The van der Waals surface area contributed by atoms with Gasteiger partial charge < -0.3 is 5.73 Å². The summed E-state index contributed by atoms with van der Waals surface area (Å²) in [6.45, 7) is 29.2. The van der Waals surface area contributed by atoms with Crippen LogP contribution < -0.4 is 15.0 Å². The van der Waals surface area contributed by atoms with Crippen molar-refractivity contribution in [3.05, 3.63) is 24.3 Å². The van der Waals surface area contributed by atoms with E-state index in [0.717, 1.165) is 22.7 Å². The molecular weight excluding hydrogens is 537 g/mol. The molecule has 0 aliphatic heterocycles. The van der Waals surface area contributed by atoms with Crippen LogP contribution in [-0.2, 0) is 0 Å². The van der Waals surface area contributed by atoms with Gasteiger partial charge in [0.2, 0.25) is 0 Å². The van der Waals surface area contributed by atoms with E-state index in [0.29, 0.717) is 33.2 Å². The normalized spacial score (nSPS) is 13.7. The first kappa shape index (κ1) is 29.5. The lowest BCUT2D eigenvalue weighted by molar-refractivity contribution is 0.833. The number of thiazole rings is 2. The second-order valence-corrected chi connectivity index (χ2v) is 27.4. The minimum atomic E-state index is -1.89. The highest BCUT2D eigenvalue weighted by atomic mass is 32.1. The zero-order valence-electron chi connectivity index (χ0n) is 25.5. The lowest BCUT2D eigenvalue weighted by Gasteiger charge is -2.41. The van der Waals surface area contributed by atoms with E-state index in [-0.39, 0.29) is 0 Å². The van der Waals surface area contributed by atoms with E-state index in [2.05, 4.69) is 99.8 Å². The van der Waals surface area contributed by atoms with Gasteiger partial charge in [-0.25, -0.2) is 9.97 Å². The molecule has 0 amide bonds. The summed E-state index contributed by atoms with van der Waals surface area (Å²) in [4.78, 5) is 11.1. The van der Waals surface area contributed by atoms with Gasteiger partial charge >= 0.3 is 0 Å². The van der Waals surface area contributed by atoms with E-state index in [9.17, 15) is 0 Å². The summed E-state index contributed by atoms with van der Waals surface area (Å²) >= 11 is 3.95. The monoisotopic (exact) mass is 584 g/mol.